The van der Waals surface area contributed by atoms with Crippen LogP contribution < -0.4 is 0 Å². The van der Waals surface area contributed by atoms with E-state index in [4.69, 9.17) is 25.9 Å². The van der Waals surface area contributed by atoms with Gasteiger partial charge in [-0.3, -0.25) is 14.5 Å². The molecule has 0 radical (unpaired) electrons. The van der Waals surface area contributed by atoms with Crippen molar-refractivity contribution in [3.05, 3.63) is 52.5 Å². The highest BCUT2D eigenvalue weighted by Crippen LogP contribution is 2.43. The molecular formula is C27H29ClN2O7S. The van der Waals surface area contributed by atoms with E-state index in [-0.39, 0.29) is 23.3 Å². The van der Waals surface area contributed by atoms with Crippen molar-refractivity contribution in [2.24, 2.45) is 5.16 Å². The third kappa shape index (κ3) is 4.81. The van der Waals surface area contributed by atoms with E-state index in [0.717, 1.165) is 6.26 Å². The molecule has 0 aromatic heterocycles. The normalized spacial score (nSPS) is 24.9. The smallest absolute Gasteiger partial charge is 0.322 e. The van der Waals surface area contributed by atoms with Crippen LogP contribution >= 0.6 is 11.6 Å². The van der Waals surface area contributed by atoms with Gasteiger partial charge in [0.2, 0.25) is 5.90 Å². The van der Waals surface area contributed by atoms with Crippen molar-refractivity contribution in [3.8, 4) is 11.1 Å². The van der Waals surface area contributed by atoms with Gasteiger partial charge in [-0.15, -0.1) is 0 Å². The van der Waals surface area contributed by atoms with Crippen LogP contribution in [0.1, 0.15) is 36.8 Å². The number of halogens is 1. The zero-order valence-corrected chi connectivity index (χ0v) is 23.0. The van der Waals surface area contributed by atoms with Crippen molar-refractivity contribution in [1.82, 2.24) is 4.90 Å². The molecular weight excluding hydrogens is 532 g/mol. The summed E-state index contributed by atoms with van der Waals surface area (Å²) in [6, 6.07) is 9.65. The summed E-state index contributed by atoms with van der Waals surface area (Å²) in [6.45, 7) is 5.46. The van der Waals surface area contributed by atoms with Crippen molar-refractivity contribution in [2.45, 2.75) is 49.1 Å². The Balaban J connectivity index is 1.43. The molecule has 11 heteroatoms. The molecule has 2 aromatic rings. The number of aryl methyl sites for hydroxylation is 1. The molecule has 3 atom stereocenters. The first-order valence-corrected chi connectivity index (χ1v) is 14.7. The number of hydrogen-bond acceptors (Lipinski definition) is 9. The Morgan fingerprint density at radius 3 is 2.68 bits per heavy atom. The van der Waals surface area contributed by atoms with Crippen molar-refractivity contribution >= 4 is 39.1 Å². The number of carbonyl (C=O) groups excluding carboxylic acids is 2. The van der Waals surface area contributed by atoms with Crippen molar-refractivity contribution in [1.29, 1.82) is 0 Å². The fraction of sp³-hybridized carbons (Fsp3) is 0.444. The van der Waals surface area contributed by atoms with Gasteiger partial charge in [0.1, 0.15) is 12.5 Å². The Labute approximate surface area is 226 Å². The molecule has 3 aliphatic rings. The second-order valence-electron chi connectivity index (χ2n) is 10.1. The summed E-state index contributed by atoms with van der Waals surface area (Å²) in [4.78, 5) is 34.4. The zero-order chi connectivity index (χ0) is 27.2. The highest BCUT2D eigenvalue weighted by atomic mass is 35.5. The molecule has 5 rings (SSSR count). The number of benzene rings is 2. The molecule has 1 spiro atoms. The molecule has 3 unspecified atom stereocenters. The van der Waals surface area contributed by atoms with Gasteiger partial charge in [0.15, 0.2) is 27.8 Å². The lowest BCUT2D eigenvalue weighted by molar-refractivity contribution is -0.157. The van der Waals surface area contributed by atoms with Crippen LogP contribution in [-0.4, -0.2) is 75.2 Å². The van der Waals surface area contributed by atoms with Gasteiger partial charge in [-0.25, -0.2) is 8.42 Å². The predicted molar refractivity (Wildman–Crippen MR) is 141 cm³/mol. The summed E-state index contributed by atoms with van der Waals surface area (Å²) in [5, 5.41) is 4.31. The van der Waals surface area contributed by atoms with Crippen LogP contribution in [0.5, 0.6) is 0 Å². The van der Waals surface area contributed by atoms with Gasteiger partial charge in [-0.05, 0) is 74.2 Å². The topological polar surface area (TPSA) is 112 Å². The highest BCUT2D eigenvalue weighted by molar-refractivity contribution is 7.90. The predicted octanol–water partition coefficient (Wildman–Crippen LogP) is 3.51. The number of ketones is 1. The van der Waals surface area contributed by atoms with Crippen molar-refractivity contribution in [3.63, 3.8) is 0 Å². The number of piperidine rings is 1. The first kappa shape index (κ1) is 26.6. The summed E-state index contributed by atoms with van der Waals surface area (Å²) in [6.07, 6.45) is 2.25. The minimum absolute atomic E-state index is 0.177. The van der Waals surface area contributed by atoms with E-state index in [1.54, 1.807) is 37.3 Å². The third-order valence-corrected chi connectivity index (χ3v) is 8.87. The maximum absolute atomic E-state index is 13.8. The van der Waals surface area contributed by atoms with Crippen LogP contribution in [0.4, 0.5) is 0 Å². The van der Waals surface area contributed by atoms with E-state index >= 15 is 0 Å². The number of esters is 1. The molecule has 38 heavy (non-hydrogen) atoms. The minimum Gasteiger partial charge on any atom is -0.474 e. The Morgan fingerprint density at radius 2 is 1.97 bits per heavy atom. The second kappa shape index (κ2) is 9.98. The van der Waals surface area contributed by atoms with Gasteiger partial charge in [0.25, 0.3) is 0 Å². The number of ether oxygens (including phenoxy) is 2. The first-order valence-electron chi connectivity index (χ1n) is 12.4. The van der Waals surface area contributed by atoms with Crippen LogP contribution in [0.2, 0.25) is 5.02 Å². The van der Waals surface area contributed by atoms with E-state index in [0.29, 0.717) is 65.8 Å². The Hall–Kier alpha value is -2.95. The van der Waals surface area contributed by atoms with Gasteiger partial charge >= 0.3 is 5.97 Å². The SMILES string of the molecule is Cc1cc(-c2cccc(S(C)(=O)=O)c2)c(Cl)cc1C1C(=O)OC2(CCCN(C(C)C3=NOCCO3)C2)C1=O. The van der Waals surface area contributed by atoms with E-state index < -0.39 is 27.3 Å². The van der Waals surface area contributed by atoms with Crippen LogP contribution in [0.25, 0.3) is 11.1 Å². The van der Waals surface area contributed by atoms with Crippen LogP contribution in [-0.2, 0) is 33.7 Å². The van der Waals surface area contributed by atoms with Crippen molar-refractivity contribution < 1.29 is 32.3 Å². The monoisotopic (exact) mass is 560 g/mol. The fourth-order valence-corrected chi connectivity index (χ4v) is 6.35. The number of nitrogens with zero attached hydrogens (tertiary/aromatic N) is 2. The first-order chi connectivity index (χ1) is 18.0. The molecule has 0 N–H and O–H groups in total. The van der Waals surface area contributed by atoms with E-state index in [9.17, 15) is 18.0 Å². The Morgan fingerprint density at radius 1 is 1.18 bits per heavy atom. The largest absolute Gasteiger partial charge is 0.474 e. The lowest BCUT2D eigenvalue weighted by Gasteiger charge is -2.40. The molecule has 3 heterocycles. The number of likely N-dealkylation sites (tertiary alicyclic amines) is 1. The Bertz CT molecular complexity index is 1440. The van der Waals surface area contributed by atoms with E-state index in [2.05, 4.69) is 5.16 Å². The molecule has 202 valence electrons. The molecule has 0 bridgehead atoms. The molecule has 9 nitrogen and oxygen atoms in total. The number of Topliss-reactive ketones (excluding diaryl/α,β-unsaturated/α-hetero) is 1. The number of oxime groups is 1. The van der Waals surface area contributed by atoms with Gasteiger partial charge < -0.3 is 14.3 Å². The van der Waals surface area contributed by atoms with Crippen molar-refractivity contribution in [2.75, 3.05) is 32.6 Å². The van der Waals surface area contributed by atoms with Gasteiger partial charge in [0, 0.05) is 23.4 Å². The number of rotatable bonds is 5. The lowest BCUT2D eigenvalue weighted by Crippen LogP contribution is -2.56. The van der Waals surface area contributed by atoms with Crippen LogP contribution in [0, 0.1) is 6.92 Å². The average molecular weight is 561 g/mol. The average Bonchev–Trinajstić information content (AvgIpc) is 3.13. The maximum Gasteiger partial charge on any atom is 0.322 e. The number of carbonyl (C=O) groups is 2. The van der Waals surface area contributed by atoms with Gasteiger partial charge in [-0.1, -0.05) is 28.9 Å². The molecule has 3 aliphatic heterocycles. The standard InChI is InChI=1S/C27H29ClN2O7S/c1-16-12-21(18-6-4-7-19(13-18)38(3,33)34)22(28)14-20(16)23-24(31)27(37-26(23)32)8-5-9-30(15-27)17(2)25-29-36-11-10-35-25/h4,6-7,12-14,17,23H,5,8-11,15H2,1-3H3. The summed E-state index contributed by atoms with van der Waals surface area (Å²) in [5.74, 6) is -1.52. The molecule has 0 saturated carbocycles. The summed E-state index contributed by atoms with van der Waals surface area (Å²) in [7, 11) is -3.40. The molecule has 2 aromatic carbocycles. The molecule has 2 saturated heterocycles. The third-order valence-electron chi connectivity index (χ3n) is 7.45. The number of sulfone groups is 1. The summed E-state index contributed by atoms with van der Waals surface area (Å²) in [5.41, 5.74) is 1.15. The highest BCUT2D eigenvalue weighted by Gasteiger charge is 2.58. The maximum atomic E-state index is 13.8. The quantitative estimate of drug-likeness (QED) is 0.403. The van der Waals surface area contributed by atoms with E-state index in [1.807, 2.05) is 11.8 Å². The minimum atomic E-state index is -3.40. The van der Waals surface area contributed by atoms with Gasteiger partial charge in [-0.2, -0.15) is 0 Å². The number of hydrogen-bond donors (Lipinski definition) is 0. The fourth-order valence-electron chi connectivity index (χ4n) is 5.40. The lowest BCUT2D eigenvalue weighted by atomic mass is 9.81. The Kier molecular flexibility index (Phi) is 7.00. The molecule has 0 aliphatic carbocycles. The zero-order valence-electron chi connectivity index (χ0n) is 21.4. The molecule has 0 amide bonds. The second-order valence-corrected chi connectivity index (χ2v) is 12.5. The molecule has 2 fully saturated rings. The van der Waals surface area contributed by atoms with Crippen LogP contribution in [0.15, 0.2) is 46.4 Å². The summed E-state index contributed by atoms with van der Waals surface area (Å²) >= 11 is 6.64. The van der Waals surface area contributed by atoms with Crippen LogP contribution in [0.3, 0.4) is 0 Å². The van der Waals surface area contributed by atoms with E-state index in [1.165, 1.54) is 6.07 Å². The van der Waals surface area contributed by atoms with Gasteiger partial charge in [0.05, 0.1) is 10.9 Å². The summed E-state index contributed by atoms with van der Waals surface area (Å²) < 4.78 is 35.5.